The first kappa shape index (κ1) is 24.0. The molecule has 7 nitrogen and oxygen atoms in total. The Morgan fingerprint density at radius 1 is 1.00 bits per heavy atom. The van der Waals surface area contributed by atoms with Gasteiger partial charge in [0.2, 0.25) is 5.91 Å². The number of hydrogen-bond donors (Lipinski definition) is 1. The van der Waals surface area contributed by atoms with Crippen LogP contribution in [0.3, 0.4) is 0 Å². The second kappa shape index (κ2) is 11.9. The SMILES string of the molecule is COc1ccccc1-c1nnc(SCC(=O)Nc2ccc(CC#N)cc2)n1CCc1ccccc1. The fourth-order valence-corrected chi connectivity index (χ4v) is 4.40. The first-order chi connectivity index (χ1) is 17.2. The van der Waals surface area contributed by atoms with Gasteiger partial charge in [-0.3, -0.25) is 4.79 Å². The summed E-state index contributed by atoms with van der Waals surface area (Å²) < 4.78 is 7.59. The number of hydrogen-bond acceptors (Lipinski definition) is 6. The molecule has 4 aromatic rings. The highest BCUT2D eigenvalue weighted by Crippen LogP contribution is 2.31. The van der Waals surface area contributed by atoms with Crippen molar-refractivity contribution >= 4 is 23.4 Å². The van der Waals surface area contributed by atoms with Crippen LogP contribution in [0.5, 0.6) is 5.75 Å². The molecule has 0 unspecified atom stereocenters. The number of carbonyl (C=O) groups excluding carboxylic acids is 1. The maximum Gasteiger partial charge on any atom is 0.234 e. The molecule has 0 spiro atoms. The number of aromatic nitrogens is 3. The van der Waals surface area contributed by atoms with E-state index in [4.69, 9.17) is 10.00 Å². The van der Waals surface area contributed by atoms with Crippen LogP contribution in [0.25, 0.3) is 11.4 Å². The molecule has 0 aliphatic carbocycles. The Kier molecular flexibility index (Phi) is 8.15. The number of nitrogens with zero attached hydrogens (tertiary/aromatic N) is 4. The number of amides is 1. The third-order valence-electron chi connectivity index (χ3n) is 5.38. The van der Waals surface area contributed by atoms with Gasteiger partial charge < -0.3 is 14.6 Å². The molecule has 0 saturated heterocycles. The fourth-order valence-electron chi connectivity index (χ4n) is 3.64. The Bertz CT molecular complexity index is 1310. The van der Waals surface area contributed by atoms with E-state index in [1.54, 1.807) is 19.2 Å². The van der Waals surface area contributed by atoms with E-state index in [0.717, 1.165) is 23.3 Å². The highest BCUT2D eigenvalue weighted by Gasteiger charge is 2.18. The van der Waals surface area contributed by atoms with Crippen molar-refractivity contribution in [2.45, 2.75) is 24.5 Å². The largest absolute Gasteiger partial charge is 0.496 e. The summed E-state index contributed by atoms with van der Waals surface area (Å²) in [6.45, 7) is 0.661. The molecule has 4 rings (SSSR count). The molecule has 0 aliphatic rings. The van der Waals surface area contributed by atoms with Crippen molar-refractivity contribution in [3.05, 3.63) is 90.0 Å². The number of methoxy groups -OCH3 is 1. The number of para-hydroxylation sites is 1. The zero-order chi connectivity index (χ0) is 24.5. The normalized spacial score (nSPS) is 10.5. The van der Waals surface area contributed by atoms with Gasteiger partial charge in [-0.2, -0.15) is 5.26 Å². The lowest BCUT2D eigenvalue weighted by atomic mass is 10.1. The second-order valence-corrected chi connectivity index (χ2v) is 8.70. The van der Waals surface area contributed by atoms with Crippen molar-refractivity contribution in [1.82, 2.24) is 14.8 Å². The highest BCUT2D eigenvalue weighted by atomic mass is 32.2. The number of aryl methyl sites for hydroxylation is 1. The molecule has 0 bridgehead atoms. The van der Waals surface area contributed by atoms with Crippen LogP contribution in [-0.4, -0.2) is 33.5 Å². The minimum Gasteiger partial charge on any atom is -0.496 e. The van der Waals surface area contributed by atoms with Gasteiger partial charge in [0.1, 0.15) is 5.75 Å². The summed E-state index contributed by atoms with van der Waals surface area (Å²) in [5.74, 6) is 1.47. The van der Waals surface area contributed by atoms with Gasteiger partial charge in [-0.15, -0.1) is 10.2 Å². The van der Waals surface area contributed by atoms with Crippen LogP contribution in [0.2, 0.25) is 0 Å². The third-order valence-corrected chi connectivity index (χ3v) is 6.35. The fraction of sp³-hybridized carbons (Fsp3) is 0.185. The van der Waals surface area contributed by atoms with Crippen molar-refractivity contribution in [3.8, 4) is 23.2 Å². The van der Waals surface area contributed by atoms with Crippen molar-refractivity contribution < 1.29 is 9.53 Å². The van der Waals surface area contributed by atoms with Gasteiger partial charge in [-0.05, 0) is 41.8 Å². The zero-order valence-electron chi connectivity index (χ0n) is 19.3. The van der Waals surface area contributed by atoms with Crippen LogP contribution in [0.1, 0.15) is 11.1 Å². The number of benzene rings is 3. The summed E-state index contributed by atoms with van der Waals surface area (Å²) in [6, 6.07) is 27.3. The first-order valence-corrected chi connectivity index (χ1v) is 12.2. The van der Waals surface area contributed by atoms with E-state index in [1.165, 1.54) is 17.3 Å². The van der Waals surface area contributed by atoms with E-state index in [-0.39, 0.29) is 11.7 Å². The smallest absolute Gasteiger partial charge is 0.234 e. The lowest BCUT2D eigenvalue weighted by Crippen LogP contribution is -2.15. The summed E-state index contributed by atoms with van der Waals surface area (Å²) in [5.41, 5.74) is 3.66. The van der Waals surface area contributed by atoms with E-state index in [1.807, 2.05) is 59.2 Å². The summed E-state index contributed by atoms with van der Waals surface area (Å²) in [4.78, 5) is 12.6. The monoisotopic (exact) mass is 483 g/mol. The van der Waals surface area contributed by atoms with Gasteiger partial charge in [0.15, 0.2) is 11.0 Å². The molecule has 0 aliphatic heterocycles. The minimum atomic E-state index is -0.139. The Labute approximate surface area is 208 Å². The van der Waals surface area contributed by atoms with E-state index < -0.39 is 0 Å². The predicted octanol–water partition coefficient (Wildman–Crippen LogP) is 4.99. The standard InChI is InChI=1S/C27H25N5O2S/c1-34-24-10-6-5-9-23(24)26-30-31-27(32(26)18-16-20-7-3-2-4-8-20)35-19-25(33)29-22-13-11-21(12-14-22)15-17-28/h2-14H,15-16,18-19H2,1H3,(H,29,33). The van der Waals surface area contributed by atoms with Crippen molar-refractivity contribution in [2.75, 3.05) is 18.2 Å². The molecule has 3 aromatic carbocycles. The van der Waals surface area contributed by atoms with Crippen LogP contribution in [-0.2, 0) is 24.2 Å². The molecule has 0 saturated carbocycles. The molecule has 0 atom stereocenters. The topological polar surface area (TPSA) is 92.8 Å². The molecule has 1 heterocycles. The summed E-state index contributed by atoms with van der Waals surface area (Å²) in [5, 5.41) is 21.2. The van der Waals surface area contributed by atoms with Gasteiger partial charge in [-0.25, -0.2) is 0 Å². The number of nitriles is 1. The zero-order valence-corrected chi connectivity index (χ0v) is 20.2. The molecule has 0 radical (unpaired) electrons. The van der Waals surface area contributed by atoms with Crippen molar-refractivity contribution in [2.24, 2.45) is 0 Å². The highest BCUT2D eigenvalue weighted by molar-refractivity contribution is 7.99. The van der Waals surface area contributed by atoms with Crippen LogP contribution in [0.15, 0.2) is 84.0 Å². The Morgan fingerprint density at radius 3 is 2.49 bits per heavy atom. The average Bonchev–Trinajstić information content (AvgIpc) is 3.30. The van der Waals surface area contributed by atoms with Crippen LogP contribution >= 0.6 is 11.8 Å². The third kappa shape index (κ3) is 6.28. The van der Waals surface area contributed by atoms with E-state index >= 15 is 0 Å². The minimum absolute atomic E-state index is 0.139. The van der Waals surface area contributed by atoms with E-state index in [0.29, 0.717) is 29.6 Å². The molecule has 176 valence electrons. The summed E-state index contributed by atoms with van der Waals surface area (Å²) in [6.07, 6.45) is 1.15. The van der Waals surface area contributed by atoms with Crippen LogP contribution in [0.4, 0.5) is 5.69 Å². The summed E-state index contributed by atoms with van der Waals surface area (Å²) >= 11 is 1.34. The maximum atomic E-state index is 12.6. The molecule has 0 fully saturated rings. The quantitative estimate of drug-likeness (QED) is 0.319. The van der Waals surface area contributed by atoms with Gasteiger partial charge in [0.25, 0.3) is 0 Å². The Morgan fingerprint density at radius 2 is 1.74 bits per heavy atom. The predicted molar refractivity (Wildman–Crippen MR) is 137 cm³/mol. The number of rotatable bonds is 10. The Balaban J connectivity index is 1.50. The number of carbonyl (C=O) groups is 1. The first-order valence-electron chi connectivity index (χ1n) is 11.2. The van der Waals surface area contributed by atoms with Crippen LogP contribution < -0.4 is 10.1 Å². The van der Waals surface area contributed by atoms with Crippen molar-refractivity contribution in [3.63, 3.8) is 0 Å². The van der Waals surface area contributed by atoms with Crippen LogP contribution in [0, 0.1) is 11.3 Å². The van der Waals surface area contributed by atoms with Crippen molar-refractivity contribution in [1.29, 1.82) is 5.26 Å². The number of ether oxygens (including phenoxy) is 1. The van der Waals surface area contributed by atoms with E-state index in [9.17, 15) is 4.79 Å². The molecule has 8 heteroatoms. The van der Waals surface area contributed by atoms with Gasteiger partial charge >= 0.3 is 0 Å². The lowest BCUT2D eigenvalue weighted by molar-refractivity contribution is -0.113. The maximum absolute atomic E-state index is 12.6. The number of anilines is 1. The molecule has 1 aromatic heterocycles. The molecule has 1 N–H and O–H groups in total. The average molecular weight is 484 g/mol. The second-order valence-electron chi connectivity index (χ2n) is 7.76. The van der Waals surface area contributed by atoms with E-state index in [2.05, 4.69) is 33.7 Å². The van der Waals surface area contributed by atoms with Gasteiger partial charge in [-0.1, -0.05) is 66.4 Å². The number of thioether (sulfide) groups is 1. The lowest BCUT2D eigenvalue weighted by Gasteiger charge is -2.12. The number of nitrogens with one attached hydrogen (secondary N) is 1. The molecule has 1 amide bonds. The molecular formula is C27H25N5O2S. The molecule has 35 heavy (non-hydrogen) atoms. The van der Waals surface area contributed by atoms with Gasteiger partial charge in [0.05, 0.1) is 30.9 Å². The van der Waals surface area contributed by atoms with Gasteiger partial charge in [0, 0.05) is 12.2 Å². The summed E-state index contributed by atoms with van der Waals surface area (Å²) in [7, 11) is 1.64. The molecular weight excluding hydrogens is 458 g/mol. The Hall–Kier alpha value is -4.09.